The number of hydrogen-bond donors (Lipinski definition) is 1. The summed E-state index contributed by atoms with van der Waals surface area (Å²) in [5.74, 6) is -0.347. The summed E-state index contributed by atoms with van der Waals surface area (Å²) in [6.07, 6.45) is 5.35. The average Bonchev–Trinajstić information content (AvgIpc) is 3.26. The van der Waals surface area contributed by atoms with Gasteiger partial charge in [-0.05, 0) is 43.5 Å². The Morgan fingerprint density at radius 3 is 3.08 bits per heavy atom. The van der Waals surface area contributed by atoms with Gasteiger partial charge in [0.05, 0.1) is 18.8 Å². The monoisotopic (exact) mass is 327 g/mol. The van der Waals surface area contributed by atoms with E-state index in [2.05, 4.69) is 15.3 Å². The van der Waals surface area contributed by atoms with Crippen molar-refractivity contribution in [3.8, 4) is 0 Å². The fraction of sp³-hybridized carbons (Fsp3) is 0.353. The molecule has 7 heteroatoms. The maximum Gasteiger partial charge on any atom is 0.270 e. The fourth-order valence-electron chi connectivity index (χ4n) is 3.48. The standard InChI is InChI=1S/C17H18FN5O/c1-11-7-12(18)8-15-14(11)9-16(20-15)17(24)23-5-2-3-13(23)10-22-6-4-19-21-22/h4,6-9,13,20H,2-3,5,10H2,1H3/t13-/m0/s1. The van der Waals surface area contributed by atoms with E-state index in [-0.39, 0.29) is 17.8 Å². The fourth-order valence-corrected chi connectivity index (χ4v) is 3.48. The number of aryl methyl sites for hydroxylation is 1. The summed E-state index contributed by atoms with van der Waals surface area (Å²) in [5.41, 5.74) is 1.98. The molecule has 1 aromatic carbocycles. The Hall–Kier alpha value is -2.70. The number of amides is 1. The predicted octanol–water partition coefficient (Wildman–Crippen LogP) is 2.51. The molecule has 6 nitrogen and oxygen atoms in total. The average molecular weight is 327 g/mol. The highest BCUT2D eigenvalue weighted by atomic mass is 19.1. The topological polar surface area (TPSA) is 66.8 Å². The highest BCUT2D eigenvalue weighted by molar-refractivity contribution is 5.99. The smallest absolute Gasteiger partial charge is 0.270 e. The van der Waals surface area contributed by atoms with Crippen molar-refractivity contribution in [2.45, 2.75) is 32.4 Å². The molecule has 3 aromatic rings. The van der Waals surface area contributed by atoms with Crippen LogP contribution in [0, 0.1) is 12.7 Å². The van der Waals surface area contributed by atoms with Crippen LogP contribution in [0.3, 0.4) is 0 Å². The number of likely N-dealkylation sites (tertiary alicyclic amines) is 1. The lowest BCUT2D eigenvalue weighted by atomic mass is 10.1. The lowest BCUT2D eigenvalue weighted by Crippen LogP contribution is -2.38. The van der Waals surface area contributed by atoms with Crippen molar-refractivity contribution < 1.29 is 9.18 Å². The number of halogens is 1. The number of carbonyl (C=O) groups is 1. The molecular formula is C17H18FN5O. The normalized spacial score (nSPS) is 17.8. The quantitative estimate of drug-likeness (QED) is 0.804. The minimum absolute atomic E-state index is 0.0476. The first-order valence-corrected chi connectivity index (χ1v) is 8.06. The molecule has 0 bridgehead atoms. The van der Waals surface area contributed by atoms with Gasteiger partial charge in [0.2, 0.25) is 0 Å². The van der Waals surface area contributed by atoms with E-state index < -0.39 is 0 Å². The second-order valence-electron chi connectivity index (χ2n) is 6.29. The lowest BCUT2D eigenvalue weighted by Gasteiger charge is -2.24. The molecule has 1 atom stereocenters. The Kier molecular flexibility index (Phi) is 3.55. The Bertz CT molecular complexity index is 886. The van der Waals surface area contributed by atoms with E-state index in [1.807, 2.05) is 17.9 Å². The van der Waals surface area contributed by atoms with Crippen molar-refractivity contribution >= 4 is 16.8 Å². The van der Waals surface area contributed by atoms with Crippen LogP contribution in [0.2, 0.25) is 0 Å². The molecule has 4 rings (SSSR count). The van der Waals surface area contributed by atoms with E-state index in [1.54, 1.807) is 17.1 Å². The molecule has 0 radical (unpaired) electrons. The number of hydrogen-bond acceptors (Lipinski definition) is 3. The molecule has 0 aliphatic carbocycles. The van der Waals surface area contributed by atoms with E-state index in [1.165, 1.54) is 12.1 Å². The van der Waals surface area contributed by atoms with Crippen LogP contribution in [0.1, 0.15) is 28.9 Å². The van der Waals surface area contributed by atoms with Crippen molar-refractivity contribution in [3.63, 3.8) is 0 Å². The van der Waals surface area contributed by atoms with E-state index in [9.17, 15) is 9.18 Å². The van der Waals surface area contributed by atoms with Crippen LogP contribution in [0.5, 0.6) is 0 Å². The number of H-pyrrole nitrogens is 1. The van der Waals surface area contributed by atoms with Gasteiger partial charge < -0.3 is 9.88 Å². The molecule has 2 aromatic heterocycles. The summed E-state index contributed by atoms with van der Waals surface area (Å²) >= 11 is 0. The molecule has 1 fully saturated rings. The Labute approximate surface area is 138 Å². The summed E-state index contributed by atoms with van der Waals surface area (Å²) in [6.45, 7) is 3.21. The minimum atomic E-state index is -0.300. The maximum absolute atomic E-state index is 13.6. The SMILES string of the molecule is Cc1cc(F)cc2[nH]c(C(=O)N3CCC[C@H]3Cn3ccnn3)cc12. The van der Waals surface area contributed by atoms with Crippen molar-refractivity contribution in [1.82, 2.24) is 24.9 Å². The zero-order valence-electron chi connectivity index (χ0n) is 13.4. The highest BCUT2D eigenvalue weighted by Crippen LogP contribution is 2.25. The van der Waals surface area contributed by atoms with Gasteiger partial charge in [0.15, 0.2) is 0 Å². The highest BCUT2D eigenvalue weighted by Gasteiger charge is 2.30. The van der Waals surface area contributed by atoms with Crippen molar-refractivity contribution in [2.75, 3.05) is 6.54 Å². The molecule has 124 valence electrons. The summed E-state index contributed by atoms with van der Waals surface area (Å²) in [5, 5.41) is 8.67. The molecule has 0 spiro atoms. The number of fused-ring (bicyclic) bond motifs is 1. The van der Waals surface area contributed by atoms with Crippen molar-refractivity contribution in [3.05, 3.63) is 47.7 Å². The number of nitrogens with zero attached hydrogens (tertiary/aromatic N) is 4. The zero-order chi connectivity index (χ0) is 16.7. The number of rotatable bonds is 3. The lowest BCUT2D eigenvalue weighted by molar-refractivity contribution is 0.0716. The number of carbonyl (C=O) groups excluding carboxylic acids is 1. The van der Waals surface area contributed by atoms with Crippen molar-refractivity contribution in [1.29, 1.82) is 0 Å². The summed E-state index contributed by atoms with van der Waals surface area (Å²) in [6, 6.07) is 4.82. The van der Waals surface area contributed by atoms with Gasteiger partial charge in [-0.25, -0.2) is 4.39 Å². The Balaban J connectivity index is 1.61. The number of aromatic amines is 1. The molecule has 0 unspecified atom stereocenters. The van der Waals surface area contributed by atoms with Crippen LogP contribution in [-0.2, 0) is 6.54 Å². The summed E-state index contributed by atoms with van der Waals surface area (Å²) in [4.78, 5) is 17.8. The predicted molar refractivity (Wildman–Crippen MR) is 87.1 cm³/mol. The first-order chi connectivity index (χ1) is 11.6. The molecule has 3 heterocycles. The van der Waals surface area contributed by atoms with Crippen LogP contribution < -0.4 is 0 Å². The Morgan fingerprint density at radius 2 is 2.29 bits per heavy atom. The maximum atomic E-state index is 13.6. The molecule has 24 heavy (non-hydrogen) atoms. The third kappa shape index (κ3) is 2.55. The first-order valence-electron chi connectivity index (χ1n) is 8.06. The largest absolute Gasteiger partial charge is 0.350 e. The van der Waals surface area contributed by atoms with Crippen LogP contribution in [0.15, 0.2) is 30.6 Å². The molecule has 1 aliphatic heterocycles. The number of benzene rings is 1. The summed E-state index contributed by atoms with van der Waals surface area (Å²) in [7, 11) is 0. The van der Waals surface area contributed by atoms with Gasteiger partial charge >= 0.3 is 0 Å². The van der Waals surface area contributed by atoms with Gasteiger partial charge in [-0.2, -0.15) is 0 Å². The van der Waals surface area contributed by atoms with Crippen LogP contribution in [0.4, 0.5) is 4.39 Å². The molecule has 0 saturated carbocycles. The Morgan fingerprint density at radius 1 is 1.42 bits per heavy atom. The van der Waals surface area contributed by atoms with E-state index in [4.69, 9.17) is 0 Å². The van der Waals surface area contributed by atoms with Gasteiger partial charge in [-0.1, -0.05) is 5.21 Å². The summed E-state index contributed by atoms with van der Waals surface area (Å²) < 4.78 is 15.3. The van der Waals surface area contributed by atoms with Crippen LogP contribution >= 0.6 is 0 Å². The van der Waals surface area contributed by atoms with Gasteiger partial charge in [-0.15, -0.1) is 5.10 Å². The van der Waals surface area contributed by atoms with Crippen LogP contribution in [0.25, 0.3) is 10.9 Å². The molecule has 1 saturated heterocycles. The third-order valence-electron chi connectivity index (χ3n) is 4.65. The second kappa shape index (κ2) is 5.74. The molecule has 1 aliphatic rings. The van der Waals surface area contributed by atoms with Crippen molar-refractivity contribution in [2.24, 2.45) is 0 Å². The second-order valence-corrected chi connectivity index (χ2v) is 6.29. The van der Waals surface area contributed by atoms with Gasteiger partial charge in [0.1, 0.15) is 11.5 Å². The van der Waals surface area contributed by atoms with Gasteiger partial charge in [0.25, 0.3) is 5.91 Å². The van der Waals surface area contributed by atoms with Crippen LogP contribution in [-0.4, -0.2) is 43.4 Å². The number of nitrogens with one attached hydrogen (secondary N) is 1. The van der Waals surface area contributed by atoms with Gasteiger partial charge in [-0.3, -0.25) is 9.48 Å². The van der Waals surface area contributed by atoms with E-state index in [0.717, 1.165) is 30.3 Å². The molecule has 1 N–H and O–H groups in total. The van der Waals surface area contributed by atoms with E-state index in [0.29, 0.717) is 17.8 Å². The zero-order valence-corrected chi connectivity index (χ0v) is 13.4. The molecular weight excluding hydrogens is 309 g/mol. The minimum Gasteiger partial charge on any atom is -0.350 e. The first kappa shape index (κ1) is 14.9. The number of aromatic nitrogens is 4. The van der Waals surface area contributed by atoms with E-state index >= 15 is 0 Å². The third-order valence-corrected chi connectivity index (χ3v) is 4.65. The molecule has 1 amide bonds. The van der Waals surface area contributed by atoms with Gasteiger partial charge in [0, 0.05) is 23.6 Å².